The van der Waals surface area contributed by atoms with Crippen LogP contribution >= 0.6 is 0 Å². The van der Waals surface area contributed by atoms with E-state index in [1.807, 2.05) is 4.90 Å². The molecule has 26 heavy (non-hydrogen) atoms. The van der Waals surface area contributed by atoms with Crippen molar-refractivity contribution < 1.29 is 14.3 Å². The fourth-order valence-electron chi connectivity index (χ4n) is 3.65. The number of aromatic nitrogens is 1. The smallest absolute Gasteiger partial charge is 0.263 e. The molecule has 2 aliphatic heterocycles. The van der Waals surface area contributed by atoms with Crippen molar-refractivity contribution in [2.24, 2.45) is 13.0 Å². The first-order chi connectivity index (χ1) is 12.6. The molecule has 2 amide bonds. The second-order valence-corrected chi connectivity index (χ2v) is 7.11. The number of ether oxygens (including phenoxy) is 1. The average Bonchev–Trinajstić information content (AvgIpc) is 2.69. The van der Waals surface area contributed by atoms with E-state index in [1.54, 1.807) is 30.3 Å². The fourth-order valence-corrected chi connectivity index (χ4v) is 3.65. The number of morpholine rings is 1. The molecular formula is C19H27N3O4. The normalized spacial score (nSPS) is 18.8. The lowest BCUT2D eigenvalue weighted by Gasteiger charge is -2.32. The van der Waals surface area contributed by atoms with Gasteiger partial charge in [-0.25, -0.2) is 0 Å². The van der Waals surface area contributed by atoms with Crippen LogP contribution in [0.3, 0.4) is 0 Å². The Balaban J connectivity index is 1.46. The zero-order valence-electron chi connectivity index (χ0n) is 15.4. The molecule has 7 nitrogen and oxygen atoms in total. The van der Waals surface area contributed by atoms with E-state index in [0.717, 1.165) is 19.3 Å². The number of hydrogen-bond donors (Lipinski definition) is 0. The maximum atomic E-state index is 12.6. The summed E-state index contributed by atoms with van der Waals surface area (Å²) >= 11 is 0. The standard InChI is InChI=1S/C19H27N3O4/c1-20-8-2-3-16(18(20)24)19(25)22-9-6-15(7-10-22)4-5-17(23)21-11-13-26-14-12-21/h2-3,8,15H,4-7,9-14H2,1H3. The van der Waals surface area contributed by atoms with Crippen molar-refractivity contribution in [3.8, 4) is 0 Å². The lowest BCUT2D eigenvalue weighted by Crippen LogP contribution is -2.42. The van der Waals surface area contributed by atoms with Crippen LogP contribution < -0.4 is 5.56 Å². The summed E-state index contributed by atoms with van der Waals surface area (Å²) in [5.41, 5.74) is -0.0216. The van der Waals surface area contributed by atoms with Gasteiger partial charge < -0.3 is 19.1 Å². The van der Waals surface area contributed by atoms with Gasteiger partial charge in [-0.3, -0.25) is 14.4 Å². The molecule has 3 heterocycles. The Labute approximate surface area is 153 Å². The monoisotopic (exact) mass is 361 g/mol. The molecule has 1 aromatic heterocycles. The first kappa shape index (κ1) is 18.6. The maximum absolute atomic E-state index is 12.6. The summed E-state index contributed by atoms with van der Waals surface area (Å²) in [6, 6.07) is 3.32. The molecule has 2 fully saturated rings. The van der Waals surface area contributed by atoms with Crippen molar-refractivity contribution in [2.45, 2.75) is 25.7 Å². The number of likely N-dealkylation sites (tertiary alicyclic amines) is 1. The highest BCUT2D eigenvalue weighted by molar-refractivity contribution is 5.93. The summed E-state index contributed by atoms with van der Waals surface area (Å²) in [6.07, 6.45) is 4.85. The predicted molar refractivity (Wildman–Crippen MR) is 96.9 cm³/mol. The number of carbonyl (C=O) groups excluding carboxylic acids is 2. The molecule has 7 heteroatoms. The molecule has 0 aromatic carbocycles. The van der Waals surface area contributed by atoms with Gasteiger partial charge in [0.05, 0.1) is 13.2 Å². The average molecular weight is 361 g/mol. The Morgan fingerprint density at radius 1 is 1.12 bits per heavy atom. The van der Waals surface area contributed by atoms with Crippen LogP contribution in [0.4, 0.5) is 0 Å². The van der Waals surface area contributed by atoms with Crippen LogP contribution in [0.15, 0.2) is 23.1 Å². The quantitative estimate of drug-likeness (QED) is 0.798. The molecule has 3 rings (SSSR count). The zero-order valence-corrected chi connectivity index (χ0v) is 15.4. The van der Waals surface area contributed by atoms with Gasteiger partial charge in [0.25, 0.3) is 11.5 Å². The van der Waals surface area contributed by atoms with Crippen molar-refractivity contribution in [3.05, 3.63) is 34.2 Å². The molecule has 1 aromatic rings. The van der Waals surface area contributed by atoms with Crippen LogP contribution in [-0.4, -0.2) is 65.6 Å². The number of hydrogen-bond acceptors (Lipinski definition) is 4. The lowest BCUT2D eigenvalue weighted by atomic mass is 9.91. The maximum Gasteiger partial charge on any atom is 0.263 e. The van der Waals surface area contributed by atoms with Crippen molar-refractivity contribution in [2.75, 3.05) is 39.4 Å². The molecule has 0 saturated carbocycles. The minimum Gasteiger partial charge on any atom is -0.378 e. The fraction of sp³-hybridized carbons (Fsp3) is 0.632. The van der Waals surface area contributed by atoms with E-state index in [1.165, 1.54) is 4.57 Å². The molecule has 0 radical (unpaired) electrons. The molecular weight excluding hydrogens is 334 g/mol. The van der Waals surface area contributed by atoms with E-state index < -0.39 is 0 Å². The number of amides is 2. The van der Waals surface area contributed by atoms with Gasteiger partial charge in [-0.05, 0) is 37.3 Å². The van der Waals surface area contributed by atoms with Crippen molar-refractivity contribution >= 4 is 11.8 Å². The minimum atomic E-state index is -0.254. The van der Waals surface area contributed by atoms with Gasteiger partial charge in [0.2, 0.25) is 5.91 Å². The molecule has 0 atom stereocenters. The molecule has 0 aliphatic carbocycles. The molecule has 2 aliphatic rings. The Kier molecular flexibility index (Phi) is 6.08. The third-order valence-electron chi connectivity index (χ3n) is 5.39. The third-order valence-corrected chi connectivity index (χ3v) is 5.39. The molecule has 0 N–H and O–H groups in total. The van der Waals surface area contributed by atoms with Crippen LogP contribution in [0, 0.1) is 5.92 Å². The molecule has 142 valence electrons. The van der Waals surface area contributed by atoms with Crippen LogP contribution in [-0.2, 0) is 16.6 Å². The number of nitrogens with zero attached hydrogens (tertiary/aromatic N) is 3. The van der Waals surface area contributed by atoms with Crippen LogP contribution in [0.1, 0.15) is 36.0 Å². The van der Waals surface area contributed by atoms with Gasteiger partial charge in [-0.1, -0.05) is 0 Å². The Morgan fingerprint density at radius 2 is 1.81 bits per heavy atom. The zero-order chi connectivity index (χ0) is 18.5. The SMILES string of the molecule is Cn1cccc(C(=O)N2CCC(CCC(=O)N3CCOCC3)CC2)c1=O. The van der Waals surface area contributed by atoms with E-state index in [0.29, 0.717) is 51.7 Å². The predicted octanol–water partition coefficient (Wildman–Crippen LogP) is 0.877. The highest BCUT2D eigenvalue weighted by Crippen LogP contribution is 2.23. The first-order valence-corrected chi connectivity index (χ1v) is 9.36. The van der Waals surface area contributed by atoms with Crippen LogP contribution in [0.2, 0.25) is 0 Å². The van der Waals surface area contributed by atoms with Crippen molar-refractivity contribution in [1.29, 1.82) is 0 Å². The molecule has 0 unspecified atom stereocenters. The largest absolute Gasteiger partial charge is 0.378 e. The molecule has 0 spiro atoms. The van der Waals surface area contributed by atoms with E-state index in [-0.39, 0.29) is 22.9 Å². The summed E-state index contributed by atoms with van der Waals surface area (Å²) in [4.78, 5) is 40.6. The topological polar surface area (TPSA) is 71.8 Å². The summed E-state index contributed by atoms with van der Waals surface area (Å²) in [5, 5.41) is 0. The summed E-state index contributed by atoms with van der Waals surface area (Å²) in [7, 11) is 1.65. The Bertz CT molecular complexity index is 701. The van der Waals surface area contributed by atoms with Gasteiger partial charge in [0.15, 0.2) is 0 Å². The number of aryl methyl sites for hydroxylation is 1. The Morgan fingerprint density at radius 3 is 2.50 bits per heavy atom. The minimum absolute atomic E-state index is 0.186. The number of rotatable bonds is 4. The Hall–Kier alpha value is -2.15. The highest BCUT2D eigenvalue weighted by Gasteiger charge is 2.26. The van der Waals surface area contributed by atoms with Gasteiger partial charge in [0, 0.05) is 45.8 Å². The third kappa shape index (κ3) is 4.33. The number of pyridine rings is 1. The molecule has 2 saturated heterocycles. The van der Waals surface area contributed by atoms with Crippen LogP contribution in [0.25, 0.3) is 0 Å². The van der Waals surface area contributed by atoms with Crippen LogP contribution in [0.5, 0.6) is 0 Å². The lowest BCUT2D eigenvalue weighted by molar-refractivity contribution is -0.135. The number of carbonyl (C=O) groups is 2. The van der Waals surface area contributed by atoms with Gasteiger partial charge in [0.1, 0.15) is 5.56 Å². The second-order valence-electron chi connectivity index (χ2n) is 7.11. The summed E-state index contributed by atoms with van der Waals surface area (Å²) in [5.74, 6) is 0.483. The van der Waals surface area contributed by atoms with Gasteiger partial charge in [-0.2, -0.15) is 0 Å². The number of piperidine rings is 1. The van der Waals surface area contributed by atoms with Crippen molar-refractivity contribution in [1.82, 2.24) is 14.4 Å². The van der Waals surface area contributed by atoms with Crippen molar-refractivity contribution in [3.63, 3.8) is 0 Å². The summed E-state index contributed by atoms with van der Waals surface area (Å²) in [6.45, 7) is 3.94. The van der Waals surface area contributed by atoms with E-state index in [4.69, 9.17) is 4.74 Å². The van der Waals surface area contributed by atoms with Gasteiger partial charge in [-0.15, -0.1) is 0 Å². The second kappa shape index (κ2) is 8.49. The van der Waals surface area contributed by atoms with E-state index in [2.05, 4.69) is 0 Å². The molecule has 0 bridgehead atoms. The summed E-state index contributed by atoms with van der Waals surface area (Å²) < 4.78 is 6.70. The highest BCUT2D eigenvalue weighted by atomic mass is 16.5. The first-order valence-electron chi connectivity index (χ1n) is 9.36. The van der Waals surface area contributed by atoms with Gasteiger partial charge >= 0.3 is 0 Å². The van der Waals surface area contributed by atoms with E-state index in [9.17, 15) is 14.4 Å². The van der Waals surface area contributed by atoms with E-state index >= 15 is 0 Å².